The Morgan fingerprint density at radius 3 is 2.31 bits per heavy atom. The van der Waals surface area contributed by atoms with Gasteiger partial charge in [0.25, 0.3) is 0 Å². The Labute approximate surface area is 165 Å². The van der Waals surface area contributed by atoms with Crippen LogP contribution in [0.2, 0.25) is 0 Å². The minimum atomic E-state index is -0.107. The maximum Gasteiger partial charge on any atom is 0.319 e. The van der Waals surface area contributed by atoms with Crippen LogP contribution in [-0.2, 0) is 6.42 Å². The number of aryl methyl sites for hydroxylation is 1. The number of anilines is 1. The van der Waals surface area contributed by atoms with Crippen LogP contribution < -0.4 is 16.0 Å². The molecule has 0 saturated carbocycles. The highest BCUT2D eigenvalue weighted by molar-refractivity contribution is 5.89. The Morgan fingerprint density at radius 1 is 1.04 bits per heavy atom. The summed E-state index contributed by atoms with van der Waals surface area (Å²) in [5.41, 5.74) is 2.22. The van der Waals surface area contributed by atoms with Crippen LogP contribution in [0.5, 0.6) is 0 Å². The highest BCUT2D eigenvalue weighted by Gasteiger charge is 2.16. The number of rotatable bonds is 11. The molecule has 1 aliphatic heterocycles. The number of nitrogens with one attached hydrogen (secondary N) is 3. The molecule has 2 amide bonds. The van der Waals surface area contributed by atoms with Crippen LogP contribution in [0.15, 0.2) is 24.3 Å². The molecule has 0 aromatic heterocycles. The van der Waals surface area contributed by atoms with E-state index in [-0.39, 0.29) is 24.5 Å². The normalized spacial score (nSPS) is 16.1. The van der Waals surface area contributed by atoms with Gasteiger partial charge in [-0.3, -0.25) is 0 Å². The third-order valence-corrected chi connectivity index (χ3v) is 4.93. The number of benzene rings is 1. The van der Waals surface area contributed by atoms with Gasteiger partial charge in [0.05, 0.1) is 0 Å². The van der Waals surface area contributed by atoms with E-state index < -0.39 is 0 Å². The zero-order valence-electron chi connectivity index (χ0n) is 16.2. The zero-order chi connectivity index (χ0) is 17.7. The summed E-state index contributed by atoms with van der Waals surface area (Å²) in [6.07, 6.45) is 13.0. The molecule has 3 N–H and O–H groups in total. The number of urea groups is 1. The fraction of sp³-hybridized carbons (Fsp3) is 0.667. The molecule has 5 heteroatoms. The minimum absolute atomic E-state index is 0. The Morgan fingerprint density at radius 2 is 1.69 bits per heavy atom. The van der Waals surface area contributed by atoms with Crippen LogP contribution in [-0.4, -0.2) is 25.2 Å². The Bertz CT molecular complexity index is 487. The summed E-state index contributed by atoms with van der Waals surface area (Å²) in [6.45, 7) is 4.11. The summed E-state index contributed by atoms with van der Waals surface area (Å²) in [5.74, 6) is 0. The number of halogens is 1. The first-order valence-electron chi connectivity index (χ1n) is 10.1. The minimum Gasteiger partial charge on any atom is -0.334 e. The lowest BCUT2D eigenvalue weighted by molar-refractivity contribution is 0.249. The molecule has 1 aromatic carbocycles. The smallest absolute Gasteiger partial charge is 0.319 e. The van der Waals surface area contributed by atoms with Crippen LogP contribution >= 0.6 is 12.4 Å². The van der Waals surface area contributed by atoms with Gasteiger partial charge in [-0.2, -0.15) is 0 Å². The van der Waals surface area contributed by atoms with Crippen molar-refractivity contribution >= 4 is 24.1 Å². The largest absolute Gasteiger partial charge is 0.334 e. The van der Waals surface area contributed by atoms with Gasteiger partial charge < -0.3 is 16.0 Å². The summed E-state index contributed by atoms with van der Waals surface area (Å²) >= 11 is 0. The van der Waals surface area contributed by atoms with Crippen LogP contribution in [0.1, 0.15) is 70.3 Å². The molecule has 2 rings (SSSR count). The predicted molar refractivity (Wildman–Crippen MR) is 113 cm³/mol. The van der Waals surface area contributed by atoms with Crippen molar-refractivity contribution in [1.82, 2.24) is 10.6 Å². The van der Waals surface area contributed by atoms with E-state index in [1.54, 1.807) is 0 Å². The van der Waals surface area contributed by atoms with Crippen molar-refractivity contribution in [3.63, 3.8) is 0 Å². The topological polar surface area (TPSA) is 53.2 Å². The molecular weight excluding hydrogens is 346 g/mol. The van der Waals surface area contributed by atoms with Crippen LogP contribution in [0.4, 0.5) is 10.5 Å². The van der Waals surface area contributed by atoms with Crippen LogP contribution in [0.3, 0.4) is 0 Å². The van der Waals surface area contributed by atoms with Gasteiger partial charge in [0.15, 0.2) is 0 Å². The van der Waals surface area contributed by atoms with Crippen LogP contribution in [0.25, 0.3) is 0 Å². The van der Waals surface area contributed by atoms with E-state index in [4.69, 9.17) is 0 Å². The van der Waals surface area contributed by atoms with E-state index in [1.807, 2.05) is 12.1 Å². The summed E-state index contributed by atoms with van der Waals surface area (Å²) in [7, 11) is 0. The van der Waals surface area contributed by atoms with Gasteiger partial charge in [0, 0.05) is 18.3 Å². The average molecular weight is 382 g/mol. The Balaban J connectivity index is 0.00000338. The fourth-order valence-corrected chi connectivity index (χ4v) is 3.35. The van der Waals surface area contributed by atoms with E-state index in [0.29, 0.717) is 0 Å². The molecule has 148 valence electrons. The van der Waals surface area contributed by atoms with Gasteiger partial charge in [0.1, 0.15) is 0 Å². The highest BCUT2D eigenvalue weighted by atomic mass is 35.5. The molecule has 0 bridgehead atoms. The Hall–Kier alpha value is -1.26. The number of carbonyl (C=O) groups is 1. The van der Waals surface area contributed by atoms with Gasteiger partial charge in [-0.1, -0.05) is 64.0 Å². The molecule has 1 aliphatic rings. The SMILES string of the molecule is CCCCCCCCCCc1ccc(NC(=O)N[C@@H]2CCNC2)cc1.Cl. The van der Waals surface area contributed by atoms with Gasteiger partial charge in [-0.05, 0) is 43.5 Å². The summed E-state index contributed by atoms with van der Waals surface area (Å²) < 4.78 is 0. The lowest BCUT2D eigenvalue weighted by Crippen LogP contribution is -2.39. The molecule has 1 heterocycles. The number of unbranched alkanes of at least 4 members (excludes halogenated alkanes) is 7. The van der Waals surface area contributed by atoms with E-state index in [1.165, 1.54) is 56.9 Å². The van der Waals surface area contributed by atoms with E-state index >= 15 is 0 Å². The molecule has 4 nitrogen and oxygen atoms in total. The molecule has 1 aromatic rings. The first-order chi connectivity index (χ1) is 12.3. The second-order valence-electron chi connectivity index (χ2n) is 7.21. The van der Waals surface area contributed by atoms with Gasteiger partial charge in [-0.15, -0.1) is 12.4 Å². The molecule has 1 saturated heterocycles. The molecule has 0 unspecified atom stereocenters. The third kappa shape index (κ3) is 9.44. The summed E-state index contributed by atoms with van der Waals surface area (Å²) in [6, 6.07) is 8.42. The molecule has 0 radical (unpaired) electrons. The van der Waals surface area contributed by atoms with E-state index in [2.05, 4.69) is 35.0 Å². The number of amides is 2. The van der Waals surface area contributed by atoms with Crippen molar-refractivity contribution < 1.29 is 4.79 Å². The number of hydrogen-bond acceptors (Lipinski definition) is 2. The van der Waals surface area contributed by atoms with Crippen molar-refractivity contribution in [3.8, 4) is 0 Å². The fourth-order valence-electron chi connectivity index (χ4n) is 3.35. The summed E-state index contributed by atoms with van der Waals surface area (Å²) in [5, 5.41) is 9.16. The predicted octanol–water partition coefficient (Wildman–Crippen LogP) is 5.28. The molecular formula is C21H36ClN3O. The number of hydrogen-bond donors (Lipinski definition) is 3. The average Bonchev–Trinajstić information content (AvgIpc) is 3.11. The van der Waals surface area contributed by atoms with E-state index in [0.717, 1.165) is 31.6 Å². The lowest BCUT2D eigenvalue weighted by Gasteiger charge is -2.12. The maximum absolute atomic E-state index is 11.9. The zero-order valence-corrected chi connectivity index (χ0v) is 17.0. The Kier molecular flexibility index (Phi) is 12.2. The lowest BCUT2D eigenvalue weighted by atomic mass is 10.0. The maximum atomic E-state index is 11.9. The van der Waals surface area contributed by atoms with Crippen molar-refractivity contribution in [2.75, 3.05) is 18.4 Å². The van der Waals surface area contributed by atoms with Gasteiger partial charge >= 0.3 is 6.03 Å². The first-order valence-corrected chi connectivity index (χ1v) is 10.1. The van der Waals surface area contributed by atoms with Crippen molar-refractivity contribution in [1.29, 1.82) is 0 Å². The van der Waals surface area contributed by atoms with E-state index in [9.17, 15) is 4.79 Å². The number of carbonyl (C=O) groups excluding carboxylic acids is 1. The molecule has 26 heavy (non-hydrogen) atoms. The van der Waals surface area contributed by atoms with Crippen molar-refractivity contribution in [3.05, 3.63) is 29.8 Å². The molecule has 0 spiro atoms. The van der Waals surface area contributed by atoms with Crippen molar-refractivity contribution in [2.45, 2.75) is 77.2 Å². The second kappa shape index (κ2) is 13.9. The second-order valence-corrected chi connectivity index (χ2v) is 7.21. The van der Waals surface area contributed by atoms with Crippen LogP contribution in [0, 0.1) is 0 Å². The van der Waals surface area contributed by atoms with Gasteiger partial charge in [0.2, 0.25) is 0 Å². The highest BCUT2D eigenvalue weighted by Crippen LogP contribution is 2.14. The standard InChI is InChI=1S/C21H35N3O.ClH/c1-2-3-4-5-6-7-8-9-10-18-11-13-19(14-12-18)23-21(25)24-20-15-16-22-17-20;/h11-14,20,22H,2-10,15-17H2,1H3,(H2,23,24,25);1H/t20-;/m1./s1. The molecule has 1 atom stereocenters. The molecule has 0 aliphatic carbocycles. The van der Waals surface area contributed by atoms with Gasteiger partial charge in [-0.25, -0.2) is 4.79 Å². The third-order valence-electron chi connectivity index (χ3n) is 4.93. The monoisotopic (exact) mass is 381 g/mol. The van der Waals surface area contributed by atoms with Crippen molar-refractivity contribution in [2.24, 2.45) is 0 Å². The summed E-state index contributed by atoms with van der Waals surface area (Å²) in [4.78, 5) is 11.9. The molecule has 1 fully saturated rings. The quantitative estimate of drug-likeness (QED) is 0.457. The first kappa shape index (κ1) is 22.8.